The van der Waals surface area contributed by atoms with Gasteiger partial charge in [-0.2, -0.15) is 4.72 Å². The zero-order valence-electron chi connectivity index (χ0n) is 10.5. The van der Waals surface area contributed by atoms with Crippen molar-refractivity contribution in [2.45, 2.75) is 17.4 Å². The first kappa shape index (κ1) is 15.3. The monoisotopic (exact) mass is 317 g/mol. The van der Waals surface area contributed by atoms with Gasteiger partial charge in [0.1, 0.15) is 10.7 Å². The molecule has 0 aliphatic carbocycles. The van der Waals surface area contributed by atoms with Crippen LogP contribution in [0.3, 0.4) is 0 Å². The molecule has 1 aliphatic rings. The molecule has 0 spiro atoms. The molecule has 108 valence electrons. The average molecular weight is 318 g/mol. The van der Waals surface area contributed by atoms with E-state index in [2.05, 4.69) is 10.6 Å². The van der Waals surface area contributed by atoms with Crippen molar-refractivity contribution < 1.29 is 17.5 Å². The van der Waals surface area contributed by atoms with Gasteiger partial charge in [-0.1, -0.05) is 17.5 Å². The van der Waals surface area contributed by atoms with Gasteiger partial charge in [0.15, 0.2) is 0 Å². The number of sulfonamides is 1. The second-order valence-electron chi connectivity index (χ2n) is 4.46. The van der Waals surface area contributed by atoms with E-state index in [1.165, 1.54) is 0 Å². The van der Waals surface area contributed by atoms with Gasteiger partial charge < -0.3 is 4.74 Å². The second kappa shape index (κ2) is 6.10. The smallest absolute Gasteiger partial charge is 0.243 e. The van der Waals surface area contributed by atoms with Crippen LogP contribution in [-0.2, 0) is 14.8 Å². The normalized spacial score (nSPS) is 20.6. The van der Waals surface area contributed by atoms with Crippen LogP contribution in [0.2, 0.25) is 5.02 Å². The van der Waals surface area contributed by atoms with E-state index in [4.69, 9.17) is 22.8 Å². The first-order chi connectivity index (χ1) is 9.44. The average Bonchev–Trinajstić information content (AvgIpc) is 2.89. The number of ether oxygens (including phenoxy) is 1. The molecule has 7 heteroatoms. The summed E-state index contributed by atoms with van der Waals surface area (Å²) in [5.41, 5.74) is 0. The van der Waals surface area contributed by atoms with Crippen LogP contribution in [-0.4, -0.2) is 27.7 Å². The summed E-state index contributed by atoms with van der Waals surface area (Å²) < 4.78 is 45.0. The highest BCUT2D eigenvalue weighted by molar-refractivity contribution is 7.89. The molecule has 0 bridgehead atoms. The molecule has 0 aromatic heterocycles. The number of hydrogen-bond donors (Lipinski definition) is 1. The van der Waals surface area contributed by atoms with Gasteiger partial charge in [0.05, 0.1) is 17.7 Å². The summed E-state index contributed by atoms with van der Waals surface area (Å²) >= 11 is 5.76. The SMILES string of the molecule is C#C[C@H](NS(=O)(=O)c1ccc(F)cc1Cl)[C@H]1CCOC1. The molecule has 1 heterocycles. The van der Waals surface area contributed by atoms with Crippen molar-refractivity contribution >= 4 is 21.6 Å². The third kappa shape index (κ3) is 3.30. The van der Waals surface area contributed by atoms with Gasteiger partial charge in [-0.15, -0.1) is 6.42 Å². The number of terminal acetylenes is 1. The lowest BCUT2D eigenvalue weighted by molar-refractivity contribution is 0.183. The minimum absolute atomic E-state index is 0.0750. The van der Waals surface area contributed by atoms with Gasteiger partial charge in [-0.05, 0) is 24.6 Å². The zero-order valence-corrected chi connectivity index (χ0v) is 12.0. The summed E-state index contributed by atoms with van der Waals surface area (Å²) in [6.07, 6.45) is 6.06. The molecule has 2 rings (SSSR count). The second-order valence-corrected chi connectivity index (χ2v) is 6.55. The molecule has 4 nitrogen and oxygen atoms in total. The third-order valence-electron chi connectivity index (χ3n) is 3.08. The summed E-state index contributed by atoms with van der Waals surface area (Å²) in [4.78, 5) is -0.195. The summed E-state index contributed by atoms with van der Waals surface area (Å²) in [6.45, 7) is 0.969. The van der Waals surface area contributed by atoms with Gasteiger partial charge >= 0.3 is 0 Å². The molecule has 20 heavy (non-hydrogen) atoms. The Hall–Kier alpha value is -1.13. The first-order valence-corrected chi connectivity index (χ1v) is 7.81. The molecule has 1 aromatic carbocycles. The van der Waals surface area contributed by atoms with Crippen LogP contribution >= 0.6 is 11.6 Å². The van der Waals surface area contributed by atoms with Crippen molar-refractivity contribution in [1.29, 1.82) is 0 Å². The van der Waals surface area contributed by atoms with E-state index in [1.54, 1.807) is 0 Å². The number of hydrogen-bond acceptors (Lipinski definition) is 3. The molecule has 1 aliphatic heterocycles. The Morgan fingerprint density at radius 1 is 1.55 bits per heavy atom. The maximum Gasteiger partial charge on any atom is 0.243 e. The van der Waals surface area contributed by atoms with E-state index in [1.807, 2.05) is 0 Å². The van der Waals surface area contributed by atoms with Crippen LogP contribution in [0.15, 0.2) is 23.1 Å². The maximum atomic E-state index is 13.0. The fourth-order valence-corrected chi connectivity index (χ4v) is 3.76. The predicted octanol–water partition coefficient (Wildman–Crippen LogP) is 1.80. The molecule has 0 amide bonds. The van der Waals surface area contributed by atoms with Crippen LogP contribution < -0.4 is 4.72 Å². The van der Waals surface area contributed by atoms with E-state index in [0.717, 1.165) is 18.2 Å². The van der Waals surface area contributed by atoms with E-state index < -0.39 is 21.9 Å². The van der Waals surface area contributed by atoms with Crippen molar-refractivity contribution in [2.75, 3.05) is 13.2 Å². The van der Waals surface area contributed by atoms with Crippen LogP contribution in [0, 0.1) is 24.1 Å². The fraction of sp³-hybridized carbons (Fsp3) is 0.385. The highest BCUT2D eigenvalue weighted by Gasteiger charge is 2.29. The topological polar surface area (TPSA) is 55.4 Å². The molecular weight excluding hydrogens is 305 g/mol. The molecule has 1 fully saturated rings. The van der Waals surface area contributed by atoms with Gasteiger partial charge in [0.25, 0.3) is 0 Å². The fourth-order valence-electron chi connectivity index (χ4n) is 2.01. The molecule has 1 saturated heterocycles. The Morgan fingerprint density at radius 2 is 2.30 bits per heavy atom. The zero-order chi connectivity index (χ0) is 14.8. The molecule has 1 aromatic rings. The van der Waals surface area contributed by atoms with Gasteiger partial charge in [0, 0.05) is 12.5 Å². The molecule has 0 saturated carbocycles. The Kier molecular flexibility index (Phi) is 4.66. The van der Waals surface area contributed by atoms with Crippen LogP contribution in [0.25, 0.3) is 0 Å². The quantitative estimate of drug-likeness (QED) is 0.862. The summed E-state index contributed by atoms with van der Waals surface area (Å²) in [5, 5.41) is -0.184. The van der Waals surface area contributed by atoms with E-state index >= 15 is 0 Å². The Labute approximate surface area is 122 Å². The lowest BCUT2D eigenvalue weighted by Crippen LogP contribution is -2.39. The van der Waals surface area contributed by atoms with Crippen molar-refractivity contribution in [3.63, 3.8) is 0 Å². The molecule has 1 N–H and O–H groups in total. The van der Waals surface area contributed by atoms with Crippen molar-refractivity contribution in [3.05, 3.63) is 29.0 Å². The minimum Gasteiger partial charge on any atom is -0.381 e. The van der Waals surface area contributed by atoms with E-state index in [-0.39, 0.29) is 15.8 Å². The van der Waals surface area contributed by atoms with Crippen molar-refractivity contribution in [1.82, 2.24) is 4.72 Å². The summed E-state index contributed by atoms with van der Waals surface area (Å²) in [7, 11) is -3.90. The Morgan fingerprint density at radius 3 is 2.85 bits per heavy atom. The van der Waals surface area contributed by atoms with Crippen LogP contribution in [0.4, 0.5) is 4.39 Å². The highest BCUT2D eigenvalue weighted by Crippen LogP contribution is 2.24. The number of rotatable bonds is 4. The number of halogens is 2. The first-order valence-electron chi connectivity index (χ1n) is 5.95. The minimum atomic E-state index is -3.90. The maximum absolute atomic E-state index is 13.0. The molecule has 0 unspecified atom stereocenters. The Balaban J connectivity index is 2.23. The van der Waals surface area contributed by atoms with E-state index in [9.17, 15) is 12.8 Å². The lowest BCUT2D eigenvalue weighted by Gasteiger charge is -2.18. The van der Waals surface area contributed by atoms with Crippen molar-refractivity contribution in [3.8, 4) is 12.3 Å². The molecular formula is C13H13ClFNO3S. The standard InChI is InChI=1S/C13H13ClFNO3S/c1-2-12(9-5-6-19-8-9)16-20(17,18)13-4-3-10(15)7-11(13)14/h1,3-4,7,9,12,16H,5-6,8H2/t9-,12-/m0/s1. The van der Waals surface area contributed by atoms with Crippen LogP contribution in [0.5, 0.6) is 0 Å². The number of benzene rings is 1. The highest BCUT2D eigenvalue weighted by atomic mass is 35.5. The summed E-state index contributed by atoms with van der Waals surface area (Å²) in [6, 6.07) is 2.41. The largest absolute Gasteiger partial charge is 0.381 e. The molecule has 0 radical (unpaired) electrons. The van der Waals surface area contributed by atoms with Gasteiger partial charge in [-0.3, -0.25) is 0 Å². The van der Waals surface area contributed by atoms with E-state index in [0.29, 0.717) is 19.6 Å². The summed E-state index contributed by atoms with van der Waals surface area (Å²) in [5.74, 6) is 1.73. The lowest BCUT2D eigenvalue weighted by atomic mass is 10.0. The van der Waals surface area contributed by atoms with Crippen molar-refractivity contribution in [2.24, 2.45) is 5.92 Å². The van der Waals surface area contributed by atoms with Gasteiger partial charge in [0.2, 0.25) is 10.0 Å². The van der Waals surface area contributed by atoms with Crippen LogP contribution in [0.1, 0.15) is 6.42 Å². The van der Waals surface area contributed by atoms with Gasteiger partial charge in [-0.25, -0.2) is 12.8 Å². The predicted molar refractivity (Wildman–Crippen MR) is 73.3 cm³/mol. The Bertz CT molecular complexity index is 636. The number of nitrogens with one attached hydrogen (secondary N) is 1. The third-order valence-corrected chi connectivity index (χ3v) is 5.01. The molecule has 2 atom stereocenters.